The molecule has 29 heavy (non-hydrogen) atoms. The maximum atomic E-state index is 12.6. The van der Waals surface area contributed by atoms with Gasteiger partial charge < -0.3 is 10.1 Å². The highest BCUT2D eigenvalue weighted by Gasteiger charge is 2.15. The largest absolute Gasteiger partial charge is 0.486 e. The molecule has 1 aliphatic heterocycles. The van der Waals surface area contributed by atoms with Crippen molar-refractivity contribution in [3.05, 3.63) is 71.3 Å². The summed E-state index contributed by atoms with van der Waals surface area (Å²) in [6, 6.07) is 12.4. The van der Waals surface area contributed by atoms with Crippen LogP contribution in [0.4, 0.5) is 0 Å². The standard InChI is InChI=1S/C19H21N5O3S.ClH/c1-24-19(21-13-22-24)12-27-17-4-6-18(7-5-17)28(25,26)23-9-14-2-3-15-10-20-11-16(15)8-14;/h2-8,13,20,23H,9-12H2,1H3;1H. The fraction of sp³-hybridized carbons (Fsp3) is 0.263. The summed E-state index contributed by atoms with van der Waals surface area (Å²) in [7, 11) is -1.82. The second-order valence-electron chi connectivity index (χ2n) is 6.59. The van der Waals surface area contributed by atoms with Crippen molar-refractivity contribution in [2.45, 2.75) is 31.1 Å². The zero-order chi connectivity index (χ0) is 19.6. The Morgan fingerprint density at radius 3 is 2.62 bits per heavy atom. The molecule has 2 aromatic carbocycles. The third-order valence-corrected chi connectivity index (χ3v) is 6.09. The van der Waals surface area contributed by atoms with Crippen molar-refractivity contribution in [2.75, 3.05) is 0 Å². The number of benzene rings is 2. The number of hydrogen-bond acceptors (Lipinski definition) is 6. The molecule has 2 N–H and O–H groups in total. The van der Waals surface area contributed by atoms with Crippen LogP contribution in [-0.2, 0) is 43.3 Å². The number of ether oxygens (including phenoxy) is 1. The molecule has 0 spiro atoms. The second-order valence-corrected chi connectivity index (χ2v) is 8.36. The van der Waals surface area contributed by atoms with Gasteiger partial charge in [0.15, 0.2) is 5.82 Å². The van der Waals surface area contributed by atoms with Crippen molar-refractivity contribution in [1.29, 1.82) is 0 Å². The molecule has 4 rings (SSSR count). The lowest BCUT2D eigenvalue weighted by atomic mass is 10.1. The SMILES string of the molecule is Cl.Cn1ncnc1COc1ccc(S(=O)(=O)NCc2ccc3c(c2)CNC3)cc1. The van der Waals surface area contributed by atoms with Gasteiger partial charge in [-0.15, -0.1) is 12.4 Å². The van der Waals surface area contributed by atoms with Gasteiger partial charge in [-0.2, -0.15) is 5.10 Å². The molecule has 0 atom stereocenters. The van der Waals surface area contributed by atoms with Crippen LogP contribution in [0, 0.1) is 0 Å². The van der Waals surface area contributed by atoms with Gasteiger partial charge in [0, 0.05) is 26.7 Å². The number of nitrogens with one attached hydrogen (secondary N) is 2. The van der Waals surface area contributed by atoms with Gasteiger partial charge in [0.25, 0.3) is 0 Å². The monoisotopic (exact) mass is 435 g/mol. The summed E-state index contributed by atoms with van der Waals surface area (Å²) < 4.78 is 35.0. The molecule has 8 nitrogen and oxygen atoms in total. The highest BCUT2D eigenvalue weighted by Crippen LogP contribution is 2.19. The molecule has 154 valence electrons. The molecule has 2 heterocycles. The lowest BCUT2D eigenvalue weighted by molar-refractivity contribution is 0.289. The van der Waals surface area contributed by atoms with Gasteiger partial charge in [-0.3, -0.25) is 4.68 Å². The average molecular weight is 436 g/mol. The van der Waals surface area contributed by atoms with E-state index in [0.29, 0.717) is 11.6 Å². The van der Waals surface area contributed by atoms with Crippen molar-refractivity contribution in [2.24, 2.45) is 7.05 Å². The Balaban J connectivity index is 0.00000240. The molecule has 1 aliphatic rings. The summed E-state index contributed by atoms with van der Waals surface area (Å²) in [4.78, 5) is 4.28. The zero-order valence-electron chi connectivity index (χ0n) is 15.8. The van der Waals surface area contributed by atoms with Crippen molar-refractivity contribution < 1.29 is 13.2 Å². The predicted octanol–water partition coefficient (Wildman–Crippen LogP) is 1.90. The first-order valence-electron chi connectivity index (χ1n) is 8.88. The Labute approximate surface area is 175 Å². The van der Waals surface area contributed by atoms with Crippen LogP contribution in [-0.4, -0.2) is 23.2 Å². The molecule has 10 heteroatoms. The molecule has 0 aliphatic carbocycles. The minimum atomic E-state index is -3.60. The summed E-state index contributed by atoms with van der Waals surface area (Å²) in [5.41, 5.74) is 3.43. The molecule has 0 bridgehead atoms. The molecule has 1 aromatic heterocycles. The van der Waals surface area contributed by atoms with E-state index in [-0.39, 0.29) is 30.5 Å². The van der Waals surface area contributed by atoms with E-state index in [4.69, 9.17) is 4.74 Å². The minimum Gasteiger partial charge on any atom is -0.486 e. The summed E-state index contributed by atoms with van der Waals surface area (Å²) in [6.07, 6.45) is 1.46. The number of fused-ring (bicyclic) bond motifs is 1. The van der Waals surface area contributed by atoms with Gasteiger partial charge in [-0.25, -0.2) is 18.1 Å². The lowest BCUT2D eigenvalue weighted by Crippen LogP contribution is -2.23. The lowest BCUT2D eigenvalue weighted by Gasteiger charge is -2.10. The van der Waals surface area contributed by atoms with Crippen LogP contribution in [0.2, 0.25) is 0 Å². The van der Waals surface area contributed by atoms with E-state index in [1.165, 1.54) is 29.6 Å². The maximum absolute atomic E-state index is 12.6. The molecular weight excluding hydrogens is 414 g/mol. The highest BCUT2D eigenvalue weighted by molar-refractivity contribution is 7.89. The van der Waals surface area contributed by atoms with Gasteiger partial charge in [-0.1, -0.05) is 18.2 Å². The van der Waals surface area contributed by atoms with Crippen LogP contribution in [0.1, 0.15) is 22.5 Å². The fourth-order valence-electron chi connectivity index (χ4n) is 3.03. The molecule has 0 saturated carbocycles. The van der Waals surface area contributed by atoms with E-state index in [1.54, 1.807) is 23.9 Å². The van der Waals surface area contributed by atoms with E-state index in [2.05, 4.69) is 20.1 Å². The van der Waals surface area contributed by atoms with Crippen LogP contribution in [0.5, 0.6) is 5.75 Å². The van der Waals surface area contributed by atoms with Crippen LogP contribution >= 0.6 is 12.4 Å². The summed E-state index contributed by atoms with van der Waals surface area (Å²) in [5.74, 6) is 1.25. The molecule has 0 amide bonds. The third kappa shape index (κ3) is 4.94. The number of rotatable bonds is 7. The fourth-order valence-corrected chi connectivity index (χ4v) is 4.05. The number of hydrogen-bond donors (Lipinski definition) is 2. The van der Waals surface area contributed by atoms with Crippen molar-refractivity contribution in [1.82, 2.24) is 24.8 Å². The predicted molar refractivity (Wildman–Crippen MR) is 110 cm³/mol. The van der Waals surface area contributed by atoms with Crippen molar-refractivity contribution in [3.63, 3.8) is 0 Å². The molecule has 0 fully saturated rings. The first-order valence-corrected chi connectivity index (χ1v) is 10.4. The van der Waals surface area contributed by atoms with E-state index >= 15 is 0 Å². The Morgan fingerprint density at radius 1 is 1.14 bits per heavy atom. The number of halogens is 1. The summed E-state index contributed by atoms with van der Waals surface area (Å²) in [6.45, 7) is 2.20. The number of sulfonamides is 1. The van der Waals surface area contributed by atoms with Crippen LogP contribution in [0.15, 0.2) is 53.7 Å². The summed E-state index contributed by atoms with van der Waals surface area (Å²) >= 11 is 0. The van der Waals surface area contributed by atoms with E-state index in [0.717, 1.165) is 18.7 Å². The Bertz CT molecular complexity index is 1080. The van der Waals surface area contributed by atoms with Crippen LogP contribution in [0.25, 0.3) is 0 Å². The quantitative estimate of drug-likeness (QED) is 0.588. The number of nitrogens with zero attached hydrogens (tertiary/aromatic N) is 3. The third-order valence-electron chi connectivity index (χ3n) is 4.68. The first kappa shape index (κ1) is 21.3. The topological polar surface area (TPSA) is 98.1 Å². The van der Waals surface area contributed by atoms with Gasteiger partial charge in [-0.05, 0) is 41.0 Å². The number of aryl methyl sites for hydroxylation is 1. The molecular formula is C19H22ClN5O3S. The normalized spacial score (nSPS) is 13.0. The van der Waals surface area contributed by atoms with Crippen molar-refractivity contribution in [3.8, 4) is 5.75 Å². The smallest absolute Gasteiger partial charge is 0.240 e. The first-order chi connectivity index (χ1) is 13.5. The maximum Gasteiger partial charge on any atom is 0.240 e. The molecule has 0 unspecified atom stereocenters. The van der Waals surface area contributed by atoms with Gasteiger partial charge in [0.2, 0.25) is 10.0 Å². The Hall–Kier alpha value is -2.46. The summed E-state index contributed by atoms with van der Waals surface area (Å²) in [5, 5.41) is 7.26. The Morgan fingerprint density at radius 2 is 1.90 bits per heavy atom. The van der Waals surface area contributed by atoms with Gasteiger partial charge in [0.1, 0.15) is 18.7 Å². The zero-order valence-corrected chi connectivity index (χ0v) is 17.5. The van der Waals surface area contributed by atoms with Crippen LogP contribution in [0.3, 0.4) is 0 Å². The second kappa shape index (κ2) is 8.91. The molecule has 3 aromatic rings. The highest BCUT2D eigenvalue weighted by atomic mass is 35.5. The van der Waals surface area contributed by atoms with E-state index in [9.17, 15) is 8.42 Å². The van der Waals surface area contributed by atoms with E-state index < -0.39 is 10.0 Å². The van der Waals surface area contributed by atoms with Crippen LogP contribution < -0.4 is 14.8 Å². The van der Waals surface area contributed by atoms with E-state index in [1.807, 2.05) is 18.2 Å². The number of aromatic nitrogens is 3. The van der Waals surface area contributed by atoms with Gasteiger partial charge in [0.05, 0.1) is 4.90 Å². The molecule has 0 saturated heterocycles. The molecule has 0 radical (unpaired) electrons. The van der Waals surface area contributed by atoms with Gasteiger partial charge >= 0.3 is 0 Å². The average Bonchev–Trinajstić information content (AvgIpc) is 3.33. The minimum absolute atomic E-state index is 0. The Kier molecular flexibility index (Phi) is 6.53. The van der Waals surface area contributed by atoms with Crippen molar-refractivity contribution >= 4 is 22.4 Å².